The summed E-state index contributed by atoms with van der Waals surface area (Å²) in [7, 11) is 0. The van der Waals surface area contributed by atoms with Crippen LogP contribution in [-0.2, 0) is 12.8 Å². The van der Waals surface area contributed by atoms with E-state index in [1.807, 2.05) is 0 Å². The molecule has 6 aromatic carbocycles. The molecule has 0 aliphatic carbocycles. The number of carbonyl (C=O) groups is 2. The van der Waals surface area contributed by atoms with E-state index in [1.54, 1.807) is 109 Å². The minimum atomic E-state index is -0.765. The highest BCUT2D eigenvalue weighted by Gasteiger charge is 2.24. The number of aromatic hydroxyl groups is 6. The van der Waals surface area contributed by atoms with Gasteiger partial charge in [-0.05, 0) is 47.5 Å². The van der Waals surface area contributed by atoms with Crippen molar-refractivity contribution in [2.24, 2.45) is 0 Å². The third kappa shape index (κ3) is 6.72. The van der Waals surface area contributed by atoms with Crippen LogP contribution in [0.25, 0.3) is 0 Å². The fraction of sp³-hybridized carbons (Fsp3) is 0.0500. The van der Waals surface area contributed by atoms with E-state index in [2.05, 4.69) is 0 Å². The van der Waals surface area contributed by atoms with Gasteiger partial charge in [0, 0.05) is 35.1 Å². The molecular formula is C40H30O9. The van der Waals surface area contributed by atoms with E-state index in [-0.39, 0.29) is 35.1 Å². The fourth-order valence-corrected chi connectivity index (χ4v) is 5.44. The average Bonchev–Trinajstić information content (AvgIpc) is 3.13. The summed E-state index contributed by atoms with van der Waals surface area (Å²) in [5.74, 6) is -3.90. The van der Waals surface area contributed by atoms with E-state index in [9.17, 15) is 40.2 Å². The van der Waals surface area contributed by atoms with E-state index >= 15 is 0 Å². The smallest absolute Gasteiger partial charge is 0.201 e. The van der Waals surface area contributed by atoms with Crippen molar-refractivity contribution >= 4 is 11.6 Å². The molecule has 49 heavy (non-hydrogen) atoms. The standard InChI is InChI=1S/C40H30O9/c41-33(25-7-3-1-4-8-25)31-21-27(35(43)39(47)37(31)45)19-23-11-15-29(16-12-23)49-30-17-13-24(14-18-30)20-28-22-32(38(46)40(48)36(28)44)34(42)26-9-5-2-6-10-26/h1-18,21-22,43-48H,19-20H2. The lowest BCUT2D eigenvalue weighted by Gasteiger charge is -2.13. The summed E-state index contributed by atoms with van der Waals surface area (Å²) in [6, 6.07) is 33.3. The lowest BCUT2D eigenvalue weighted by molar-refractivity contribution is 0.102. The SMILES string of the molecule is O=C(c1ccccc1)c1cc(Cc2ccc(Oc3ccc(Cc4cc(C(=O)c5ccccc5)c(O)c(O)c4O)cc3)cc2)c(O)c(O)c1O. The Bertz CT molecular complexity index is 2000. The largest absolute Gasteiger partial charge is 0.504 e. The molecule has 0 fully saturated rings. The van der Waals surface area contributed by atoms with Gasteiger partial charge in [-0.15, -0.1) is 0 Å². The van der Waals surface area contributed by atoms with Crippen molar-refractivity contribution in [1.82, 2.24) is 0 Å². The number of ketones is 2. The summed E-state index contributed by atoms with van der Waals surface area (Å²) in [6.07, 6.45) is 0.310. The molecule has 9 nitrogen and oxygen atoms in total. The number of carbonyl (C=O) groups excluding carboxylic acids is 2. The molecule has 9 heteroatoms. The van der Waals surface area contributed by atoms with Crippen molar-refractivity contribution in [1.29, 1.82) is 0 Å². The number of rotatable bonds is 10. The lowest BCUT2D eigenvalue weighted by Crippen LogP contribution is -2.03. The Labute approximate surface area is 280 Å². The Morgan fingerprint density at radius 3 is 1.12 bits per heavy atom. The lowest BCUT2D eigenvalue weighted by atomic mass is 9.96. The van der Waals surface area contributed by atoms with Gasteiger partial charge >= 0.3 is 0 Å². The van der Waals surface area contributed by atoms with Crippen LogP contribution in [-0.4, -0.2) is 42.2 Å². The molecule has 0 spiro atoms. The fourth-order valence-electron chi connectivity index (χ4n) is 5.44. The van der Waals surface area contributed by atoms with Crippen molar-refractivity contribution in [2.45, 2.75) is 12.8 Å². The van der Waals surface area contributed by atoms with Gasteiger partial charge in [-0.25, -0.2) is 0 Å². The van der Waals surface area contributed by atoms with Gasteiger partial charge in [0.2, 0.25) is 11.5 Å². The van der Waals surface area contributed by atoms with Gasteiger partial charge in [-0.3, -0.25) is 9.59 Å². The van der Waals surface area contributed by atoms with Crippen LogP contribution in [0.3, 0.4) is 0 Å². The van der Waals surface area contributed by atoms with Crippen molar-refractivity contribution in [3.63, 3.8) is 0 Å². The van der Waals surface area contributed by atoms with Crippen LogP contribution in [0.15, 0.2) is 121 Å². The van der Waals surface area contributed by atoms with Crippen molar-refractivity contribution in [3.8, 4) is 46.0 Å². The molecule has 0 radical (unpaired) electrons. The Morgan fingerprint density at radius 1 is 0.429 bits per heavy atom. The molecule has 6 N–H and O–H groups in total. The summed E-state index contributed by atoms with van der Waals surface area (Å²) < 4.78 is 5.97. The van der Waals surface area contributed by atoms with Crippen LogP contribution in [0, 0.1) is 0 Å². The molecule has 0 heterocycles. The number of phenolic OH excluding ortho intramolecular Hbond substituents is 6. The minimum absolute atomic E-state index is 0.126. The molecule has 6 aromatic rings. The summed E-state index contributed by atoms with van der Waals surface area (Å²) in [6.45, 7) is 0. The third-order valence-electron chi connectivity index (χ3n) is 8.09. The Balaban J connectivity index is 1.14. The second-order valence-electron chi connectivity index (χ2n) is 11.4. The highest BCUT2D eigenvalue weighted by Crippen LogP contribution is 2.43. The first-order valence-corrected chi connectivity index (χ1v) is 15.2. The maximum Gasteiger partial charge on any atom is 0.201 e. The molecule has 6 rings (SSSR count). The van der Waals surface area contributed by atoms with Crippen molar-refractivity contribution in [3.05, 3.63) is 166 Å². The molecule has 0 amide bonds. The number of phenols is 6. The molecule has 0 aliphatic heterocycles. The van der Waals surface area contributed by atoms with Gasteiger partial charge in [-0.2, -0.15) is 0 Å². The molecular weight excluding hydrogens is 624 g/mol. The zero-order valence-corrected chi connectivity index (χ0v) is 25.9. The van der Waals surface area contributed by atoms with E-state index in [1.165, 1.54) is 12.1 Å². The van der Waals surface area contributed by atoms with Crippen LogP contribution in [0.1, 0.15) is 54.1 Å². The third-order valence-corrected chi connectivity index (χ3v) is 8.09. The number of ether oxygens (including phenoxy) is 1. The quantitative estimate of drug-likeness (QED) is 0.0654. The van der Waals surface area contributed by atoms with Crippen molar-refractivity contribution in [2.75, 3.05) is 0 Å². The zero-order chi connectivity index (χ0) is 34.7. The molecule has 0 saturated heterocycles. The molecule has 0 aliphatic rings. The van der Waals surface area contributed by atoms with Gasteiger partial charge in [0.25, 0.3) is 0 Å². The summed E-state index contributed by atoms with van der Waals surface area (Å²) >= 11 is 0. The van der Waals surface area contributed by atoms with E-state index < -0.39 is 46.1 Å². The van der Waals surface area contributed by atoms with Crippen LogP contribution in [0.5, 0.6) is 46.0 Å². The normalized spacial score (nSPS) is 10.9. The molecule has 0 unspecified atom stereocenters. The monoisotopic (exact) mass is 654 g/mol. The predicted octanol–water partition coefficient (Wildman–Crippen LogP) is 7.36. The van der Waals surface area contributed by atoms with E-state index in [4.69, 9.17) is 4.74 Å². The maximum absolute atomic E-state index is 13.0. The van der Waals surface area contributed by atoms with E-state index in [0.29, 0.717) is 22.6 Å². The Morgan fingerprint density at radius 2 is 0.776 bits per heavy atom. The van der Waals surface area contributed by atoms with Crippen LogP contribution in [0.2, 0.25) is 0 Å². The van der Waals surface area contributed by atoms with Gasteiger partial charge in [-0.1, -0.05) is 84.9 Å². The van der Waals surface area contributed by atoms with Gasteiger partial charge < -0.3 is 35.4 Å². The first kappa shape index (κ1) is 32.2. The average molecular weight is 655 g/mol. The summed E-state index contributed by atoms with van der Waals surface area (Å²) in [4.78, 5) is 26.0. The summed E-state index contributed by atoms with van der Waals surface area (Å²) in [5.41, 5.74) is 2.38. The van der Waals surface area contributed by atoms with Crippen molar-refractivity contribution < 1.29 is 45.0 Å². The van der Waals surface area contributed by atoms with Gasteiger partial charge in [0.05, 0.1) is 11.1 Å². The van der Waals surface area contributed by atoms with Crippen LogP contribution < -0.4 is 4.74 Å². The highest BCUT2D eigenvalue weighted by atomic mass is 16.5. The first-order chi connectivity index (χ1) is 23.6. The second kappa shape index (κ2) is 13.5. The first-order valence-electron chi connectivity index (χ1n) is 15.2. The number of hydrogen-bond acceptors (Lipinski definition) is 9. The number of benzene rings is 6. The second-order valence-corrected chi connectivity index (χ2v) is 11.4. The Kier molecular flexibility index (Phi) is 8.91. The zero-order valence-electron chi connectivity index (χ0n) is 25.9. The molecule has 0 atom stereocenters. The molecule has 0 saturated carbocycles. The van der Waals surface area contributed by atoms with E-state index in [0.717, 1.165) is 11.1 Å². The molecule has 0 aromatic heterocycles. The van der Waals surface area contributed by atoms with Crippen LogP contribution >= 0.6 is 0 Å². The Hall–Kier alpha value is -6.74. The van der Waals surface area contributed by atoms with Gasteiger partial charge in [0.1, 0.15) is 11.5 Å². The molecule has 0 bridgehead atoms. The molecule has 244 valence electrons. The topological polar surface area (TPSA) is 165 Å². The summed E-state index contributed by atoms with van der Waals surface area (Å²) in [5, 5.41) is 62.5. The highest BCUT2D eigenvalue weighted by molar-refractivity contribution is 6.12. The van der Waals surface area contributed by atoms with Crippen LogP contribution in [0.4, 0.5) is 0 Å². The van der Waals surface area contributed by atoms with Gasteiger partial charge in [0.15, 0.2) is 34.6 Å². The predicted molar refractivity (Wildman–Crippen MR) is 181 cm³/mol. The minimum Gasteiger partial charge on any atom is -0.504 e. The maximum atomic E-state index is 13.0. The number of hydrogen-bond donors (Lipinski definition) is 6.